The van der Waals surface area contributed by atoms with E-state index in [9.17, 15) is 28.0 Å². The van der Waals surface area contributed by atoms with Crippen molar-refractivity contribution in [1.82, 2.24) is 15.0 Å². The summed E-state index contributed by atoms with van der Waals surface area (Å²) < 4.78 is 49.8. The molecule has 12 N–H and O–H groups in total. The summed E-state index contributed by atoms with van der Waals surface area (Å²) in [5.41, 5.74) is 4.87. The van der Waals surface area contributed by atoms with Crippen molar-refractivity contribution in [3.63, 3.8) is 0 Å². The average molecular weight is 1770 g/mol. The van der Waals surface area contributed by atoms with Crippen molar-refractivity contribution in [2.45, 2.75) is 51.7 Å². The van der Waals surface area contributed by atoms with E-state index in [0.717, 1.165) is 78.2 Å². The Hall–Kier alpha value is -6.22. The van der Waals surface area contributed by atoms with Gasteiger partial charge in [0.25, 0.3) is 0 Å². The quantitative estimate of drug-likeness (QED) is 0.0427. The number of fused-ring (bicyclic) bond motifs is 6. The molecular weight excluding hydrogens is 1690 g/mol. The zero-order chi connectivity index (χ0) is 51.7. The molecule has 505 valence electrons. The number of allylic oxidation sites excluding steroid dienone is 6. The maximum atomic E-state index is 14.7. The molecule has 6 bridgehead atoms. The second kappa shape index (κ2) is 45.1. The van der Waals surface area contributed by atoms with Crippen molar-refractivity contribution in [3.05, 3.63) is 280 Å². The van der Waals surface area contributed by atoms with Gasteiger partial charge in [0.2, 0.25) is 0 Å². The zero-order valence-electron chi connectivity index (χ0n) is 51.5. The average Bonchev–Trinajstić information content (AvgIpc) is 1.41. The third-order valence-electron chi connectivity index (χ3n) is 14.9. The topological polar surface area (TPSA) is 345 Å². The van der Waals surface area contributed by atoms with Crippen LogP contribution in [0.4, 0.5) is 8.78 Å². The van der Waals surface area contributed by atoms with Crippen molar-refractivity contribution < 1.29 is 107 Å². The summed E-state index contributed by atoms with van der Waals surface area (Å²) in [6.07, 6.45) is 23.9. The molecule has 17 nitrogen and oxygen atoms in total. The number of esters is 4. The van der Waals surface area contributed by atoms with E-state index >= 15 is 0 Å². The summed E-state index contributed by atoms with van der Waals surface area (Å²) in [7, 11) is 0. The fourth-order valence-corrected chi connectivity index (χ4v) is 11.0. The van der Waals surface area contributed by atoms with Gasteiger partial charge >= 0.3 is 23.9 Å². The molecule has 3 fully saturated rings. The Bertz CT molecular complexity index is 3110. The second-order valence-electron chi connectivity index (χ2n) is 19.9. The van der Waals surface area contributed by atoms with E-state index in [1.165, 1.54) is 6.20 Å². The number of halogens is 2. The number of nitrogens with two attached hydrogens (primary N) is 6. The van der Waals surface area contributed by atoms with Crippen LogP contribution in [0.2, 0.25) is 0 Å². The van der Waals surface area contributed by atoms with Crippen LogP contribution in [-0.2, 0) is 107 Å². The Morgan fingerprint density at radius 3 is 1.29 bits per heavy atom. The number of benzene rings is 3. The van der Waals surface area contributed by atoms with Gasteiger partial charge in [-0.1, -0.05) is 89.5 Å². The normalized spacial score (nSPS) is 19.7. The van der Waals surface area contributed by atoms with Gasteiger partial charge < -0.3 is 115 Å². The van der Waals surface area contributed by atoms with Gasteiger partial charge in [-0.05, 0) is 115 Å². The van der Waals surface area contributed by atoms with Crippen LogP contribution in [0.15, 0.2) is 152 Å². The molecule has 3 radical (unpaired) electrons. The number of carbonyl (C=O) groups is 4. The number of pyridine rings is 3. The number of ether oxygens (including phenoxy) is 4. The molecule has 0 saturated heterocycles. The molecular formula is C68H84F2Ir3N9O8-15. The van der Waals surface area contributed by atoms with E-state index in [2.05, 4.69) is 69.6 Å². The third-order valence-corrected chi connectivity index (χ3v) is 14.9. The Balaban J connectivity index is -0.000000272. The van der Waals surface area contributed by atoms with Crippen molar-refractivity contribution >= 4 is 23.9 Å². The summed E-state index contributed by atoms with van der Waals surface area (Å²) in [5.74, 6) is -0.975. The van der Waals surface area contributed by atoms with Crippen LogP contribution in [0, 0.1) is 128 Å². The summed E-state index contributed by atoms with van der Waals surface area (Å²) in [6, 6.07) is 37.5. The standard InChI is InChI=1S/C22H20NO4.C20H16F2NO2.C20H18NO2.6CH3.3Ir.6H2N/c24-21(14-27-22(25)19-12-16-6-9-18(19)11-16)26-13-15-4-7-17(8-5-15)20-3-1-2-10-23-20;21-16-7-6-15(17-3-1-2-8-23-17)19(22)18(16)20(24)25-11-14-10-12-4-5-13(14)9-12;22-20(18-12-15-6-9-17(18)11-15)23-13-14-4-7-16(8-5-14)19-3-1-2-10-21-19;;;;;;;;;;;;;;;/h1-7,9-10,16,18-19H,11-14H2;1-5,7-8,12-14H,9-11H2;1-7,9-10,15,17-18H,11-13H2;6*1H3;;;;6*1H2/q9*-1;;;;6*-1. The Morgan fingerprint density at radius 2 is 0.900 bits per heavy atom. The largest absolute Gasteiger partial charge is 0.693 e. The number of hydrogen-bond acceptors (Lipinski definition) is 11. The van der Waals surface area contributed by atoms with E-state index in [1.54, 1.807) is 36.7 Å². The maximum Gasteiger partial charge on any atom is 0.343 e. The molecule has 22 heteroatoms. The monoisotopic (exact) mass is 1770 g/mol. The van der Waals surface area contributed by atoms with E-state index < -0.39 is 29.1 Å². The minimum Gasteiger partial charge on any atom is -0.693 e. The fraction of sp³-hybridized carbons (Fsp3) is 0.279. The molecule has 9 unspecified atom stereocenters. The smallest absolute Gasteiger partial charge is 0.343 e. The SMILES string of the molecule is O=C(COC(=O)C1CC2C=CC1C2)OCc1c[c-]c(-c2ccccn2)cc1.O=C(OCC1CC2C=CC1C2)c1c(F)c[c-]c(-c2ccccn2)c1F.O=C(OCc1c[c-]c(-c2ccccn2)cc1)C1CC2C=CC1C2.[CH3-].[CH3-].[CH3-].[CH3-].[CH3-].[CH3-].[Ir].[Ir].[Ir].[NH2-].[NH2-].[NH2-].[NH2-].[NH2-].[NH2-]. The van der Waals surface area contributed by atoms with Crippen LogP contribution in [0.25, 0.3) is 70.7 Å². The number of carbonyl (C=O) groups excluding carboxylic acids is 4. The van der Waals surface area contributed by atoms with E-state index in [0.29, 0.717) is 36.2 Å². The molecule has 3 heterocycles. The molecule has 12 rings (SSSR count). The number of nitrogens with zero attached hydrogens (tertiary/aromatic N) is 3. The summed E-state index contributed by atoms with van der Waals surface area (Å²) >= 11 is 0. The predicted octanol–water partition coefficient (Wildman–Crippen LogP) is 18.3. The molecule has 3 saturated carbocycles. The molecule has 6 aliphatic carbocycles. The first-order valence-corrected chi connectivity index (χ1v) is 25.5. The fourth-order valence-electron chi connectivity index (χ4n) is 11.0. The first-order valence-electron chi connectivity index (χ1n) is 25.5. The van der Waals surface area contributed by atoms with Crippen molar-refractivity contribution in [2.24, 2.45) is 53.3 Å². The second-order valence-corrected chi connectivity index (χ2v) is 19.9. The minimum absolute atomic E-state index is 0. The Labute approximate surface area is 574 Å². The van der Waals surface area contributed by atoms with Gasteiger partial charge in [-0.25, -0.2) is 9.59 Å². The minimum atomic E-state index is -0.989. The Morgan fingerprint density at radius 1 is 0.467 bits per heavy atom. The van der Waals surface area contributed by atoms with Gasteiger partial charge in [-0.3, -0.25) is 18.4 Å². The van der Waals surface area contributed by atoms with Gasteiger partial charge in [-0.2, -0.15) is 0 Å². The molecule has 3 aromatic heterocycles. The summed E-state index contributed by atoms with van der Waals surface area (Å²) in [4.78, 5) is 61.1. The number of hydrogen-bond donors (Lipinski definition) is 0. The van der Waals surface area contributed by atoms with Crippen LogP contribution < -0.4 is 0 Å². The van der Waals surface area contributed by atoms with Gasteiger partial charge in [0, 0.05) is 84.5 Å². The van der Waals surface area contributed by atoms with Crippen molar-refractivity contribution in [2.75, 3.05) is 13.2 Å². The molecule has 0 aliphatic heterocycles. The van der Waals surface area contributed by atoms with Crippen LogP contribution in [0.1, 0.15) is 60.0 Å². The molecule has 9 atom stereocenters. The third kappa shape index (κ3) is 23.8. The molecule has 6 aromatic rings. The van der Waals surface area contributed by atoms with Crippen LogP contribution in [-0.4, -0.2) is 52.0 Å². The molecule has 3 aromatic carbocycles. The molecule has 6 aliphatic rings. The summed E-state index contributed by atoms with van der Waals surface area (Å²) in [5, 5.41) is 0. The zero-order valence-corrected chi connectivity index (χ0v) is 58.7. The van der Waals surface area contributed by atoms with E-state index in [4.69, 9.17) is 18.9 Å². The number of rotatable bonds is 14. The van der Waals surface area contributed by atoms with Gasteiger partial charge in [0.15, 0.2) is 6.61 Å². The predicted molar refractivity (Wildman–Crippen MR) is 343 cm³/mol. The number of aromatic nitrogens is 3. The molecule has 90 heavy (non-hydrogen) atoms. The summed E-state index contributed by atoms with van der Waals surface area (Å²) in [6.45, 7) is 0.272. The maximum absolute atomic E-state index is 14.7. The van der Waals surface area contributed by atoms with Crippen molar-refractivity contribution in [3.8, 4) is 33.8 Å². The molecule has 0 amide bonds. The van der Waals surface area contributed by atoms with Gasteiger partial charge in [-0.15, -0.1) is 71.8 Å². The van der Waals surface area contributed by atoms with E-state index in [1.807, 2.05) is 66.7 Å². The first kappa shape index (κ1) is 94.9. The first-order chi connectivity index (χ1) is 36.6. The van der Waals surface area contributed by atoms with Crippen LogP contribution >= 0.6 is 0 Å². The van der Waals surface area contributed by atoms with Crippen LogP contribution in [0.3, 0.4) is 0 Å². The van der Waals surface area contributed by atoms with E-state index in [-0.39, 0.29) is 208 Å². The molecule has 0 spiro atoms. The van der Waals surface area contributed by atoms with Gasteiger partial charge in [0.1, 0.15) is 0 Å². The van der Waals surface area contributed by atoms with Crippen molar-refractivity contribution in [1.29, 1.82) is 0 Å². The van der Waals surface area contributed by atoms with Crippen LogP contribution in [0.5, 0.6) is 0 Å². The van der Waals surface area contributed by atoms with Gasteiger partial charge in [0.05, 0.1) is 43.3 Å². The Kier molecular flexibility index (Phi) is 47.6.